The molecule has 7 nitrogen and oxygen atoms in total. The van der Waals surface area contributed by atoms with E-state index in [0.717, 1.165) is 6.20 Å². The van der Waals surface area contributed by atoms with Crippen LogP contribution in [0.5, 0.6) is 0 Å². The Bertz CT molecular complexity index is 468. The first-order valence-corrected chi connectivity index (χ1v) is 4.50. The molecule has 0 aromatic carbocycles. The van der Waals surface area contributed by atoms with Crippen LogP contribution in [0, 0.1) is 10.1 Å². The number of pyridine rings is 1. The maximum absolute atomic E-state index is 11.3. The molecule has 16 heavy (non-hydrogen) atoms. The Labute approximate surface area is 89.8 Å². The number of ketones is 1. The second-order valence-electron chi connectivity index (χ2n) is 3.33. The van der Waals surface area contributed by atoms with Crippen LogP contribution in [-0.2, 0) is 9.59 Å². The Morgan fingerprint density at radius 1 is 1.38 bits per heavy atom. The van der Waals surface area contributed by atoms with Crippen molar-refractivity contribution < 1.29 is 14.5 Å². The van der Waals surface area contributed by atoms with E-state index in [4.69, 9.17) is 0 Å². The van der Waals surface area contributed by atoms with Gasteiger partial charge >= 0.3 is 0 Å². The zero-order chi connectivity index (χ0) is 11.7. The summed E-state index contributed by atoms with van der Waals surface area (Å²) in [4.78, 5) is 37.1. The van der Waals surface area contributed by atoms with E-state index >= 15 is 0 Å². The molecule has 0 saturated carbocycles. The molecule has 1 aliphatic rings. The molecule has 1 aromatic heterocycles. The van der Waals surface area contributed by atoms with Gasteiger partial charge < -0.3 is 0 Å². The summed E-state index contributed by atoms with van der Waals surface area (Å²) in [6.45, 7) is -0.0103. The molecule has 0 spiro atoms. The first-order chi connectivity index (χ1) is 7.58. The summed E-state index contributed by atoms with van der Waals surface area (Å²) >= 11 is 0. The van der Waals surface area contributed by atoms with Crippen LogP contribution in [0.1, 0.15) is 6.42 Å². The molecule has 82 valence electrons. The smallest absolute Gasteiger partial charge is 0.287 e. The number of aromatic nitrogens is 1. The van der Waals surface area contributed by atoms with Crippen molar-refractivity contribution >= 4 is 23.2 Å². The number of nitro groups is 1. The molecule has 0 radical (unpaired) electrons. The molecule has 1 fully saturated rings. The summed E-state index contributed by atoms with van der Waals surface area (Å²) in [6, 6.07) is 2.60. The van der Waals surface area contributed by atoms with E-state index in [0.29, 0.717) is 0 Å². The first kappa shape index (κ1) is 10.2. The van der Waals surface area contributed by atoms with Gasteiger partial charge in [0.25, 0.3) is 5.69 Å². The molecule has 0 aliphatic carbocycles. The van der Waals surface area contributed by atoms with Gasteiger partial charge in [-0.2, -0.15) is 0 Å². The number of carbonyl (C=O) groups is 2. The van der Waals surface area contributed by atoms with Gasteiger partial charge in [-0.1, -0.05) is 0 Å². The molecule has 2 heterocycles. The van der Waals surface area contributed by atoms with Gasteiger partial charge in [-0.3, -0.25) is 24.6 Å². The topological polar surface area (TPSA) is 93.4 Å². The van der Waals surface area contributed by atoms with Gasteiger partial charge in [0.1, 0.15) is 12.0 Å². The lowest BCUT2D eigenvalue weighted by Gasteiger charge is -2.12. The number of anilines is 1. The quantitative estimate of drug-likeness (QED) is 0.406. The normalized spacial score (nSPS) is 15.6. The Kier molecular flexibility index (Phi) is 2.35. The van der Waals surface area contributed by atoms with Gasteiger partial charge in [0.05, 0.1) is 17.9 Å². The fraction of sp³-hybridized carbons (Fsp3) is 0.222. The number of hydrogen-bond acceptors (Lipinski definition) is 5. The van der Waals surface area contributed by atoms with E-state index in [2.05, 4.69) is 4.98 Å². The molecular weight excluding hydrogens is 214 g/mol. The maximum atomic E-state index is 11.3. The highest BCUT2D eigenvalue weighted by Gasteiger charge is 2.29. The second-order valence-corrected chi connectivity index (χ2v) is 3.33. The molecule has 0 atom stereocenters. The highest BCUT2D eigenvalue weighted by molar-refractivity contribution is 6.14. The van der Waals surface area contributed by atoms with Crippen molar-refractivity contribution in [2.45, 2.75) is 6.42 Å². The lowest BCUT2D eigenvalue weighted by atomic mass is 10.3. The van der Waals surface area contributed by atoms with Crippen LogP contribution in [0.4, 0.5) is 11.5 Å². The lowest BCUT2D eigenvalue weighted by molar-refractivity contribution is -0.385. The van der Waals surface area contributed by atoms with Crippen molar-refractivity contribution in [2.75, 3.05) is 11.4 Å². The number of nitrogens with zero attached hydrogens (tertiary/aromatic N) is 3. The van der Waals surface area contributed by atoms with Crippen LogP contribution in [-0.4, -0.2) is 28.1 Å². The van der Waals surface area contributed by atoms with Crippen LogP contribution in [0.2, 0.25) is 0 Å². The monoisotopic (exact) mass is 221 g/mol. The minimum Gasteiger partial charge on any atom is -0.297 e. The summed E-state index contributed by atoms with van der Waals surface area (Å²) in [7, 11) is 0. The van der Waals surface area contributed by atoms with Crippen molar-refractivity contribution in [1.29, 1.82) is 0 Å². The van der Waals surface area contributed by atoms with E-state index in [9.17, 15) is 19.7 Å². The third-order valence-electron chi connectivity index (χ3n) is 2.20. The third-order valence-corrected chi connectivity index (χ3v) is 2.20. The average molecular weight is 221 g/mol. The SMILES string of the molecule is O=C1CC(=O)N(c2ccc([N+](=O)[O-])cn2)C1. The number of amides is 1. The summed E-state index contributed by atoms with van der Waals surface area (Å²) < 4.78 is 0. The zero-order valence-electron chi connectivity index (χ0n) is 8.12. The molecule has 1 saturated heterocycles. The molecule has 0 bridgehead atoms. The Morgan fingerprint density at radius 2 is 2.12 bits per heavy atom. The third kappa shape index (κ3) is 1.74. The molecule has 2 rings (SSSR count). The number of Topliss-reactive ketones (excluding diaryl/α,β-unsaturated/α-hetero) is 1. The molecule has 1 aromatic rings. The second kappa shape index (κ2) is 3.69. The van der Waals surface area contributed by atoms with Crippen molar-refractivity contribution in [3.05, 3.63) is 28.4 Å². The van der Waals surface area contributed by atoms with E-state index in [1.807, 2.05) is 0 Å². The van der Waals surface area contributed by atoms with Gasteiger partial charge in [-0.25, -0.2) is 4.98 Å². The van der Waals surface area contributed by atoms with Gasteiger partial charge in [0.15, 0.2) is 5.78 Å². The standard InChI is InChI=1S/C9H7N3O4/c13-7-3-9(14)11(5-7)8-2-1-6(4-10-8)12(15)16/h1-2,4H,3,5H2. The lowest BCUT2D eigenvalue weighted by Crippen LogP contribution is -2.25. The zero-order valence-corrected chi connectivity index (χ0v) is 8.12. The van der Waals surface area contributed by atoms with E-state index in [1.54, 1.807) is 0 Å². The first-order valence-electron chi connectivity index (χ1n) is 4.50. The van der Waals surface area contributed by atoms with Crippen LogP contribution < -0.4 is 4.90 Å². The average Bonchev–Trinajstić information content (AvgIpc) is 2.58. The number of rotatable bonds is 2. The predicted molar refractivity (Wildman–Crippen MR) is 52.9 cm³/mol. The van der Waals surface area contributed by atoms with Crippen molar-refractivity contribution in [1.82, 2.24) is 4.98 Å². The van der Waals surface area contributed by atoms with Gasteiger partial charge in [0.2, 0.25) is 5.91 Å². The minimum atomic E-state index is -0.576. The fourth-order valence-electron chi connectivity index (χ4n) is 1.44. The van der Waals surface area contributed by atoms with Gasteiger partial charge in [-0.15, -0.1) is 0 Å². The summed E-state index contributed by atoms with van der Waals surface area (Å²) in [6.07, 6.45) is 0.935. The molecule has 7 heteroatoms. The summed E-state index contributed by atoms with van der Waals surface area (Å²) in [5.41, 5.74) is -0.151. The summed E-state index contributed by atoms with van der Waals surface area (Å²) in [5.74, 6) is -0.238. The fourth-order valence-corrected chi connectivity index (χ4v) is 1.44. The highest BCUT2D eigenvalue weighted by atomic mass is 16.6. The van der Waals surface area contributed by atoms with Crippen LogP contribution in [0.15, 0.2) is 18.3 Å². The van der Waals surface area contributed by atoms with E-state index in [-0.39, 0.29) is 36.2 Å². The molecular formula is C9H7N3O4. The maximum Gasteiger partial charge on any atom is 0.287 e. The van der Waals surface area contributed by atoms with Crippen molar-refractivity contribution in [3.63, 3.8) is 0 Å². The Morgan fingerprint density at radius 3 is 2.56 bits per heavy atom. The number of carbonyl (C=O) groups excluding carboxylic acids is 2. The van der Waals surface area contributed by atoms with Crippen molar-refractivity contribution in [2.24, 2.45) is 0 Å². The Balaban J connectivity index is 2.25. The highest BCUT2D eigenvalue weighted by Crippen LogP contribution is 2.19. The number of hydrogen-bond donors (Lipinski definition) is 0. The minimum absolute atomic E-state index is 0.0103. The summed E-state index contributed by atoms with van der Waals surface area (Å²) in [5, 5.41) is 10.4. The van der Waals surface area contributed by atoms with E-state index in [1.165, 1.54) is 17.0 Å². The predicted octanol–water partition coefficient (Wildman–Crippen LogP) is 0.296. The molecule has 0 unspecified atom stereocenters. The molecule has 1 amide bonds. The Hall–Kier alpha value is -2.31. The van der Waals surface area contributed by atoms with Gasteiger partial charge in [0, 0.05) is 6.07 Å². The van der Waals surface area contributed by atoms with Crippen LogP contribution in [0.25, 0.3) is 0 Å². The molecule has 1 aliphatic heterocycles. The van der Waals surface area contributed by atoms with Crippen LogP contribution >= 0.6 is 0 Å². The largest absolute Gasteiger partial charge is 0.297 e. The van der Waals surface area contributed by atoms with Crippen LogP contribution in [0.3, 0.4) is 0 Å². The van der Waals surface area contributed by atoms with E-state index < -0.39 is 4.92 Å². The van der Waals surface area contributed by atoms with Gasteiger partial charge in [-0.05, 0) is 6.07 Å². The van der Waals surface area contributed by atoms with Crippen molar-refractivity contribution in [3.8, 4) is 0 Å². The molecule has 0 N–H and O–H groups in total.